The summed E-state index contributed by atoms with van der Waals surface area (Å²) in [4.78, 5) is 2.21. The fourth-order valence-electron chi connectivity index (χ4n) is 2.61. The minimum absolute atomic E-state index is 0.405. The Morgan fingerprint density at radius 2 is 2.21 bits per heavy atom. The van der Waals surface area contributed by atoms with Gasteiger partial charge in [0.2, 0.25) is 0 Å². The van der Waals surface area contributed by atoms with Gasteiger partial charge in [-0.25, -0.2) is 0 Å². The maximum Gasteiger partial charge on any atom is 0.169 e. The molecule has 1 fully saturated rings. The topological polar surface area (TPSA) is 64.8 Å². The van der Waals surface area contributed by atoms with Crippen LogP contribution in [0.4, 0.5) is 5.82 Å². The van der Waals surface area contributed by atoms with E-state index in [4.69, 9.17) is 0 Å². The van der Waals surface area contributed by atoms with Gasteiger partial charge in [-0.15, -0.1) is 5.10 Å². The van der Waals surface area contributed by atoms with E-state index in [2.05, 4.69) is 33.4 Å². The van der Waals surface area contributed by atoms with Crippen LogP contribution in [0, 0.1) is 25.2 Å². The fourth-order valence-corrected chi connectivity index (χ4v) is 2.61. The van der Waals surface area contributed by atoms with Crippen molar-refractivity contribution in [3.05, 3.63) is 16.8 Å². The number of anilines is 1. The highest BCUT2D eigenvalue weighted by molar-refractivity contribution is 5.58. The van der Waals surface area contributed by atoms with Gasteiger partial charge in [0.05, 0.1) is 5.69 Å². The highest BCUT2D eigenvalue weighted by Gasteiger charge is 2.24. The molecule has 1 N–H and O–H groups in total. The Morgan fingerprint density at radius 1 is 1.42 bits per heavy atom. The normalized spacial score (nSPS) is 18.9. The van der Waals surface area contributed by atoms with Gasteiger partial charge in [-0.05, 0) is 45.7 Å². The zero-order valence-corrected chi connectivity index (χ0v) is 11.9. The first-order valence-corrected chi connectivity index (χ1v) is 6.90. The summed E-state index contributed by atoms with van der Waals surface area (Å²) in [5.74, 6) is 0.738. The second-order valence-corrected chi connectivity index (χ2v) is 5.01. The summed E-state index contributed by atoms with van der Waals surface area (Å²) in [5.41, 5.74) is 2.44. The largest absolute Gasteiger partial charge is 0.350 e. The van der Waals surface area contributed by atoms with Crippen molar-refractivity contribution in [1.82, 2.24) is 15.5 Å². The van der Waals surface area contributed by atoms with Crippen molar-refractivity contribution in [2.24, 2.45) is 0 Å². The molecule has 0 radical (unpaired) electrons. The first-order chi connectivity index (χ1) is 9.19. The van der Waals surface area contributed by atoms with E-state index in [1.54, 1.807) is 0 Å². The van der Waals surface area contributed by atoms with Crippen molar-refractivity contribution in [3.8, 4) is 6.07 Å². The minimum atomic E-state index is 0.405. The lowest BCUT2D eigenvalue weighted by Crippen LogP contribution is -2.46. The molecular weight excluding hydrogens is 238 g/mol. The monoisotopic (exact) mass is 259 g/mol. The van der Waals surface area contributed by atoms with Crippen LogP contribution in [0.3, 0.4) is 0 Å². The summed E-state index contributed by atoms with van der Waals surface area (Å²) in [7, 11) is 0. The number of nitrogens with zero attached hydrogens (tertiary/aromatic N) is 4. The van der Waals surface area contributed by atoms with Gasteiger partial charge in [-0.3, -0.25) is 0 Å². The van der Waals surface area contributed by atoms with E-state index in [1.165, 1.54) is 6.42 Å². The van der Waals surface area contributed by atoms with E-state index in [1.807, 2.05) is 13.8 Å². The molecule has 1 aliphatic heterocycles. The fraction of sp³-hybridized carbons (Fsp3) is 0.643. The molecule has 2 heterocycles. The first-order valence-electron chi connectivity index (χ1n) is 6.90. The molecule has 1 aromatic heterocycles. The highest BCUT2D eigenvalue weighted by Crippen LogP contribution is 2.24. The Bertz CT molecular complexity index is 485. The lowest BCUT2D eigenvalue weighted by atomic mass is 10.0. The molecule has 2 rings (SSSR count). The third-order valence-electron chi connectivity index (χ3n) is 3.87. The van der Waals surface area contributed by atoms with E-state index in [9.17, 15) is 5.26 Å². The number of piperidine rings is 1. The van der Waals surface area contributed by atoms with Crippen LogP contribution in [-0.2, 0) is 0 Å². The Balaban J connectivity index is 2.38. The highest BCUT2D eigenvalue weighted by atomic mass is 15.3. The van der Waals surface area contributed by atoms with Crippen LogP contribution in [0.2, 0.25) is 0 Å². The first kappa shape index (κ1) is 13.8. The van der Waals surface area contributed by atoms with Crippen molar-refractivity contribution >= 4 is 5.82 Å². The smallest absolute Gasteiger partial charge is 0.169 e. The number of nitrogens with one attached hydrogen (secondary N) is 1. The van der Waals surface area contributed by atoms with Gasteiger partial charge in [-0.2, -0.15) is 10.4 Å². The molecule has 0 bridgehead atoms. The number of aromatic nitrogens is 2. The van der Waals surface area contributed by atoms with Gasteiger partial charge in [-0.1, -0.05) is 0 Å². The van der Waals surface area contributed by atoms with Gasteiger partial charge in [0.1, 0.15) is 11.6 Å². The maximum atomic E-state index is 9.41. The Morgan fingerprint density at radius 3 is 2.79 bits per heavy atom. The van der Waals surface area contributed by atoms with E-state index in [0.717, 1.165) is 43.1 Å². The Labute approximate surface area is 114 Å². The van der Waals surface area contributed by atoms with Crippen LogP contribution in [0.1, 0.15) is 36.6 Å². The quantitative estimate of drug-likeness (QED) is 0.892. The van der Waals surface area contributed by atoms with Crippen molar-refractivity contribution in [2.75, 3.05) is 24.5 Å². The van der Waals surface area contributed by atoms with Crippen LogP contribution < -0.4 is 10.2 Å². The van der Waals surface area contributed by atoms with Crippen molar-refractivity contribution < 1.29 is 0 Å². The second kappa shape index (κ2) is 5.98. The van der Waals surface area contributed by atoms with Crippen LogP contribution in [-0.4, -0.2) is 35.9 Å². The Kier molecular flexibility index (Phi) is 4.33. The average molecular weight is 259 g/mol. The molecule has 102 valence electrons. The van der Waals surface area contributed by atoms with E-state index >= 15 is 0 Å². The number of hydrogen-bond acceptors (Lipinski definition) is 5. The lowest BCUT2D eigenvalue weighted by molar-refractivity contribution is 0.432. The van der Waals surface area contributed by atoms with E-state index < -0.39 is 0 Å². The molecule has 0 saturated carbocycles. The van der Waals surface area contributed by atoms with Gasteiger partial charge >= 0.3 is 0 Å². The summed E-state index contributed by atoms with van der Waals surface area (Å²) in [6, 6.07) is 2.70. The molecule has 0 aliphatic carbocycles. The molecule has 1 saturated heterocycles. The number of likely N-dealkylation sites (N-methyl/N-ethyl adjacent to an activating group) is 1. The molecule has 5 nitrogen and oxygen atoms in total. The summed E-state index contributed by atoms with van der Waals surface area (Å²) in [5, 5.41) is 21.3. The maximum absolute atomic E-state index is 9.41. The molecule has 1 atom stereocenters. The summed E-state index contributed by atoms with van der Waals surface area (Å²) >= 11 is 0. The standard InChI is InChI=1S/C14H21N5/c1-4-19(12-6-5-7-16-9-12)14-13(8-15)10(2)11(3)17-18-14/h12,16H,4-7,9H2,1-3H3. The molecule has 1 unspecified atom stereocenters. The zero-order chi connectivity index (χ0) is 13.8. The van der Waals surface area contributed by atoms with Gasteiger partial charge in [0.25, 0.3) is 0 Å². The number of hydrogen-bond donors (Lipinski definition) is 1. The van der Waals surface area contributed by atoms with Crippen molar-refractivity contribution in [1.29, 1.82) is 5.26 Å². The molecule has 1 aliphatic rings. The number of rotatable bonds is 3. The number of aryl methyl sites for hydroxylation is 1. The molecule has 19 heavy (non-hydrogen) atoms. The van der Waals surface area contributed by atoms with E-state index in [0.29, 0.717) is 11.6 Å². The number of nitriles is 1. The lowest BCUT2D eigenvalue weighted by Gasteiger charge is -2.35. The summed E-state index contributed by atoms with van der Waals surface area (Å²) in [6.07, 6.45) is 2.31. The van der Waals surface area contributed by atoms with E-state index in [-0.39, 0.29) is 0 Å². The van der Waals surface area contributed by atoms with Crippen molar-refractivity contribution in [2.45, 2.75) is 39.7 Å². The van der Waals surface area contributed by atoms with Gasteiger partial charge in [0, 0.05) is 19.1 Å². The minimum Gasteiger partial charge on any atom is -0.350 e. The molecular formula is C14H21N5. The molecule has 0 amide bonds. The third-order valence-corrected chi connectivity index (χ3v) is 3.87. The van der Waals surface area contributed by atoms with Crippen LogP contribution in [0.25, 0.3) is 0 Å². The molecule has 1 aromatic rings. The average Bonchev–Trinajstić information content (AvgIpc) is 2.45. The second-order valence-electron chi connectivity index (χ2n) is 5.01. The summed E-state index contributed by atoms with van der Waals surface area (Å²) in [6.45, 7) is 8.82. The van der Waals surface area contributed by atoms with Gasteiger partial charge < -0.3 is 10.2 Å². The molecule has 0 aromatic carbocycles. The third kappa shape index (κ3) is 2.69. The predicted octanol–water partition coefficient (Wildman–Crippen LogP) is 1.54. The molecule has 0 spiro atoms. The molecule has 5 heteroatoms. The van der Waals surface area contributed by atoms with Gasteiger partial charge in [0.15, 0.2) is 5.82 Å². The zero-order valence-electron chi connectivity index (χ0n) is 11.9. The van der Waals surface area contributed by atoms with Crippen LogP contribution >= 0.6 is 0 Å². The van der Waals surface area contributed by atoms with Crippen molar-refractivity contribution in [3.63, 3.8) is 0 Å². The Hall–Kier alpha value is -1.67. The van der Waals surface area contributed by atoms with Crippen LogP contribution in [0.15, 0.2) is 0 Å². The summed E-state index contributed by atoms with van der Waals surface area (Å²) < 4.78 is 0. The SMILES string of the molecule is CCN(c1nnc(C)c(C)c1C#N)C1CCCNC1. The van der Waals surface area contributed by atoms with Crippen LogP contribution in [0.5, 0.6) is 0 Å². The predicted molar refractivity (Wildman–Crippen MR) is 75.1 cm³/mol.